The SMILES string of the molecule is COc1ccc(Cc2cnc3[nH]ccc3c2Cl)cc1. The van der Waals surface area contributed by atoms with Crippen molar-refractivity contribution in [2.75, 3.05) is 7.11 Å². The molecule has 2 heterocycles. The van der Waals surface area contributed by atoms with Gasteiger partial charge in [-0.3, -0.25) is 0 Å². The Morgan fingerprint density at radius 1 is 1.21 bits per heavy atom. The number of benzene rings is 1. The Labute approximate surface area is 116 Å². The van der Waals surface area contributed by atoms with E-state index in [1.54, 1.807) is 7.11 Å². The maximum Gasteiger partial charge on any atom is 0.138 e. The Morgan fingerprint density at radius 3 is 2.74 bits per heavy atom. The molecule has 0 aliphatic rings. The van der Waals surface area contributed by atoms with Crippen molar-refractivity contribution < 1.29 is 4.74 Å². The van der Waals surface area contributed by atoms with E-state index in [-0.39, 0.29) is 0 Å². The van der Waals surface area contributed by atoms with Gasteiger partial charge in [0.2, 0.25) is 0 Å². The number of methoxy groups -OCH3 is 1. The molecule has 4 heteroatoms. The molecule has 19 heavy (non-hydrogen) atoms. The van der Waals surface area contributed by atoms with Gasteiger partial charge in [-0.2, -0.15) is 0 Å². The van der Waals surface area contributed by atoms with Gasteiger partial charge in [-0.1, -0.05) is 23.7 Å². The van der Waals surface area contributed by atoms with E-state index in [1.807, 2.05) is 42.7 Å². The molecule has 0 fully saturated rings. The molecule has 0 bridgehead atoms. The summed E-state index contributed by atoms with van der Waals surface area (Å²) in [6, 6.07) is 9.92. The first-order valence-electron chi connectivity index (χ1n) is 6.01. The second kappa shape index (κ2) is 4.94. The van der Waals surface area contributed by atoms with E-state index in [1.165, 1.54) is 5.56 Å². The van der Waals surface area contributed by atoms with Gasteiger partial charge in [0.25, 0.3) is 0 Å². The number of halogens is 1. The largest absolute Gasteiger partial charge is 0.497 e. The summed E-state index contributed by atoms with van der Waals surface area (Å²) in [4.78, 5) is 7.42. The summed E-state index contributed by atoms with van der Waals surface area (Å²) < 4.78 is 5.15. The molecule has 0 atom stereocenters. The molecular weight excluding hydrogens is 260 g/mol. The maximum atomic E-state index is 6.41. The lowest BCUT2D eigenvalue weighted by molar-refractivity contribution is 0.414. The minimum Gasteiger partial charge on any atom is -0.497 e. The van der Waals surface area contributed by atoms with Gasteiger partial charge in [0.1, 0.15) is 11.4 Å². The summed E-state index contributed by atoms with van der Waals surface area (Å²) >= 11 is 6.41. The number of nitrogens with zero attached hydrogens (tertiary/aromatic N) is 1. The second-order valence-electron chi connectivity index (χ2n) is 4.36. The lowest BCUT2D eigenvalue weighted by atomic mass is 10.1. The Morgan fingerprint density at radius 2 is 2.00 bits per heavy atom. The van der Waals surface area contributed by atoms with Crippen molar-refractivity contribution >= 4 is 22.6 Å². The highest BCUT2D eigenvalue weighted by molar-refractivity contribution is 6.36. The third kappa shape index (κ3) is 2.29. The van der Waals surface area contributed by atoms with Crippen molar-refractivity contribution in [3.63, 3.8) is 0 Å². The lowest BCUT2D eigenvalue weighted by Crippen LogP contribution is -1.92. The molecule has 0 saturated heterocycles. The van der Waals surface area contributed by atoms with Crippen LogP contribution in [0, 0.1) is 0 Å². The average Bonchev–Trinajstić information content (AvgIpc) is 2.92. The van der Waals surface area contributed by atoms with Gasteiger partial charge in [0.15, 0.2) is 0 Å². The summed E-state index contributed by atoms with van der Waals surface area (Å²) in [5.74, 6) is 0.856. The van der Waals surface area contributed by atoms with Crippen LogP contribution in [0.4, 0.5) is 0 Å². The highest BCUT2D eigenvalue weighted by Crippen LogP contribution is 2.27. The number of aromatic amines is 1. The van der Waals surface area contributed by atoms with Crippen LogP contribution in [0.2, 0.25) is 5.02 Å². The van der Waals surface area contributed by atoms with E-state index < -0.39 is 0 Å². The van der Waals surface area contributed by atoms with Crippen molar-refractivity contribution in [2.45, 2.75) is 6.42 Å². The zero-order valence-electron chi connectivity index (χ0n) is 10.5. The summed E-state index contributed by atoms with van der Waals surface area (Å²) in [7, 11) is 1.66. The Balaban J connectivity index is 1.93. The van der Waals surface area contributed by atoms with Crippen molar-refractivity contribution in [3.05, 3.63) is 58.9 Å². The third-order valence-electron chi connectivity index (χ3n) is 3.15. The summed E-state index contributed by atoms with van der Waals surface area (Å²) in [6.45, 7) is 0. The van der Waals surface area contributed by atoms with Crippen LogP contribution in [-0.2, 0) is 6.42 Å². The number of fused-ring (bicyclic) bond motifs is 1. The molecule has 0 aliphatic heterocycles. The first-order valence-corrected chi connectivity index (χ1v) is 6.39. The first kappa shape index (κ1) is 12.1. The van der Waals surface area contributed by atoms with Gasteiger partial charge in [-0.05, 0) is 29.3 Å². The van der Waals surface area contributed by atoms with Gasteiger partial charge >= 0.3 is 0 Å². The van der Waals surface area contributed by atoms with Crippen LogP contribution in [0.1, 0.15) is 11.1 Å². The van der Waals surface area contributed by atoms with Gasteiger partial charge in [0.05, 0.1) is 12.1 Å². The highest BCUT2D eigenvalue weighted by atomic mass is 35.5. The minimum atomic E-state index is 0.761. The van der Waals surface area contributed by atoms with Crippen molar-refractivity contribution in [2.24, 2.45) is 0 Å². The van der Waals surface area contributed by atoms with Crippen LogP contribution in [0.3, 0.4) is 0 Å². The van der Waals surface area contributed by atoms with E-state index in [2.05, 4.69) is 9.97 Å². The predicted octanol–water partition coefficient (Wildman–Crippen LogP) is 3.82. The summed E-state index contributed by atoms with van der Waals surface area (Å²) in [5, 5.41) is 1.73. The van der Waals surface area contributed by atoms with Crippen LogP contribution in [0.5, 0.6) is 5.75 Å². The second-order valence-corrected chi connectivity index (χ2v) is 4.74. The van der Waals surface area contributed by atoms with Crippen LogP contribution in [0.25, 0.3) is 11.0 Å². The number of hydrogen-bond donors (Lipinski definition) is 1. The van der Waals surface area contributed by atoms with Crippen LogP contribution in [-0.4, -0.2) is 17.1 Å². The highest BCUT2D eigenvalue weighted by Gasteiger charge is 2.08. The quantitative estimate of drug-likeness (QED) is 0.787. The predicted molar refractivity (Wildman–Crippen MR) is 76.9 cm³/mol. The minimum absolute atomic E-state index is 0.761. The van der Waals surface area contributed by atoms with Crippen LogP contribution >= 0.6 is 11.6 Å². The number of H-pyrrole nitrogens is 1. The average molecular weight is 273 g/mol. The topological polar surface area (TPSA) is 37.9 Å². The summed E-state index contributed by atoms with van der Waals surface area (Å²) in [6.07, 6.45) is 4.43. The zero-order chi connectivity index (χ0) is 13.2. The summed E-state index contributed by atoms with van der Waals surface area (Å²) in [5.41, 5.74) is 3.03. The van der Waals surface area contributed by atoms with Crippen molar-refractivity contribution in [1.29, 1.82) is 0 Å². The molecule has 3 nitrogen and oxygen atoms in total. The van der Waals surface area contributed by atoms with Crippen molar-refractivity contribution in [1.82, 2.24) is 9.97 Å². The molecule has 0 radical (unpaired) electrons. The van der Waals surface area contributed by atoms with Gasteiger partial charge in [0, 0.05) is 24.2 Å². The van der Waals surface area contributed by atoms with E-state index in [0.717, 1.165) is 33.8 Å². The number of ether oxygens (including phenoxy) is 1. The molecule has 3 rings (SSSR count). The molecule has 96 valence electrons. The fraction of sp³-hybridized carbons (Fsp3) is 0.133. The molecule has 1 N–H and O–H groups in total. The van der Waals surface area contributed by atoms with E-state index in [0.29, 0.717) is 0 Å². The molecule has 0 aliphatic carbocycles. The molecule has 0 amide bonds. The Hall–Kier alpha value is -2.00. The zero-order valence-corrected chi connectivity index (χ0v) is 11.2. The number of rotatable bonds is 3. The molecule has 3 aromatic rings. The van der Waals surface area contributed by atoms with Crippen molar-refractivity contribution in [3.8, 4) is 5.75 Å². The van der Waals surface area contributed by atoms with E-state index in [4.69, 9.17) is 16.3 Å². The maximum absolute atomic E-state index is 6.41. The Bertz CT molecular complexity index is 704. The standard InChI is InChI=1S/C15H13ClN2O/c1-19-12-4-2-10(3-5-12)8-11-9-18-15-13(14(11)16)6-7-17-15/h2-7,9H,8H2,1H3,(H,17,18). The Kier molecular flexibility index (Phi) is 3.13. The van der Waals surface area contributed by atoms with Gasteiger partial charge < -0.3 is 9.72 Å². The number of pyridine rings is 1. The van der Waals surface area contributed by atoms with Crippen LogP contribution in [0.15, 0.2) is 42.7 Å². The molecule has 1 aromatic carbocycles. The smallest absolute Gasteiger partial charge is 0.138 e. The first-order chi connectivity index (χ1) is 9.28. The molecular formula is C15H13ClN2O. The normalized spacial score (nSPS) is 10.8. The van der Waals surface area contributed by atoms with Gasteiger partial charge in [-0.25, -0.2) is 4.98 Å². The van der Waals surface area contributed by atoms with E-state index >= 15 is 0 Å². The molecule has 0 saturated carbocycles. The fourth-order valence-corrected chi connectivity index (χ4v) is 2.37. The monoisotopic (exact) mass is 272 g/mol. The van der Waals surface area contributed by atoms with Gasteiger partial charge in [-0.15, -0.1) is 0 Å². The molecule has 2 aromatic heterocycles. The van der Waals surface area contributed by atoms with E-state index in [9.17, 15) is 0 Å². The lowest BCUT2D eigenvalue weighted by Gasteiger charge is -2.06. The number of aromatic nitrogens is 2. The molecule has 0 spiro atoms. The number of nitrogens with one attached hydrogen (secondary N) is 1. The third-order valence-corrected chi connectivity index (χ3v) is 3.59. The molecule has 0 unspecified atom stereocenters. The fourth-order valence-electron chi connectivity index (χ4n) is 2.10. The number of hydrogen-bond acceptors (Lipinski definition) is 2. The van der Waals surface area contributed by atoms with Crippen LogP contribution < -0.4 is 4.74 Å².